The fraction of sp³-hybridized carbons (Fsp3) is 0.556. The van der Waals surface area contributed by atoms with Crippen LogP contribution in [0, 0.1) is 0 Å². The van der Waals surface area contributed by atoms with Gasteiger partial charge in [-0.25, -0.2) is 9.59 Å². The summed E-state index contributed by atoms with van der Waals surface area (Å²) >= 11 is 0. The lowest BCUT2D eigenvalue weighted by molar-refractivity contribution is -0.0867. The maximum atomic E-state index is 11.9. The van der Waals surface area contributed by atoms with Crippen molar-refractivity contribution >= 4 is 12.1 Å². The molecule has 1 aromatic carbocycles. The molecule has 0 aliphatic carbocycles. The maximum absolute atomic E-state index is 11.9. The predicted octanol–water partition coefficient (Wildman–Crippen LogP) is 1.52. The van der Waals surface area contributed by atoms with E-state index in [4.69, 9.17) is 14.6 Å². The first-order valence-corrected chi connectivity index (χ1v) is 8.68. The predicted molar refractivity (Wildman–Crippen MR) is 88.7 cm³/mol. The van der Waals surface area contributed by atoms with Gasteiger partial charge in [-0.15, -0.1) is 0 Å². The second-order valence-electron chi connectivity index (χ2n) is 7.04. The van der Waals surface area contributed by atoms with Crippen molar-refractivity contribution in [2.75, 3.05) is 32.8 Å². The van der Waals surface area contributed by atoms with Crippen LogP contribution < -0.4 is 0 Å². The molecule has 2 fully saturated rings. The molecular weight excluding hydrogens is 324 g/mol. The second kappa shape index (κ2) is 6.31. The number of hydrogen-bond donors (Lipinski definition) is 1. The van der Waals surface area contributed by atoms with Crippen LogP contribution in [0.5, 0.6) is 0 Å². The number of ether oxygens (including phenoxy) is 2. The highest BCUT2D eigenvalue weighted by Gasteiger charge is 2.36. The Bertz CT molecular complexity index is 707. The highest BCUT2D eigenvalue weighted by Crippen LogP contribution is 2.30. The van der Waals surface area contributed by atoms with Crippen LogP contribution in [0.25, 0.3) is 0 Å². The first kappa shape index (κ1) is 16.4. The molecule has 3 heterocycles. The molecule has 1 amide bonds. The molecular formula is C18H22N2O5. The van der Waals surface area contributed by atoms with Gasteiger partial charge in [0.05, 0.1) is 24.3 Å². The van der Waals surface area contributed by atoms with E-state index < -0.39 is 6.09 Å². The zero-order valence-corrected chi connectivity index (χ0v) is 14.2. The minimum absolute atomic E-state index is 0.0498. The monoisotopic (exact) mass is 346 g/mol. The van der Waals surface area contributed by atoms with Crippen LogP contribution in [0.4, 0.5) is 4.79 Å². The number of hydrogen-bond acceptors (Lipinski definition) is 5. The van der Waals surface area contributed by atoms with E-state index in [2.05, 4.69) is 11.0 Å². The number of carboxylic acid groups (broad SMARTS) is 1. The standard InChI is InChI=1S/C18H22N2O5/c1-11-6-13-7-12(2-3-15(13)17(21)25-11)16-9-19-4-5-20(18(22)23)8-14(19)10-24-16/h2-3,7,11,14,16H,4-6,8-10H2,1H3,(H,22,23)/t11-,14-,16+/m1/s1. The topological polar surface area (TPSA) is 79.3 Å². The zero-order valence-electron chi connectivity index (χ0n) is 14.2. The summed E-state index contributed by atoms with van der Waals surface area (Å²) in [6.45, 7) is 4.92. The van der Waals surface area contributed by atoms with Crippen LogP contribution in [-0.2, 0) is 15.9 Å². The normalized spacial score (nSPS) is 29.6. The number of esters is 1. The van der Waals surface area contributed by atoms with Crippen LogP contribution in [-0.4, -0.2) is 71.9 Å². The Morgan fingerprint density at radius 1 is 1.28 bits per heavy atom. The highest BCUT2D eigenvalue weighted by molar-refractivity contribution is 5.92. The zero-order chi connectivity index (χ0) is 17.6. The molecule has 0 bridgehead atoms. The molecule has 7 heteroatoms. The van der Waals surface area contributed by atoms with E-state index in [-0.39, 0.29) is 24.2 Å². The first-order valence-electron chi connectivity index (χ1n) is 8.68. The molecule has 0 aromatic heterocycles. The number of piperazine rings is 1. The van der Waals surface area contributed by atoms with E-state index in [1.54, 1.807) is 0 Å². The van der Waals surface area contributed by atoms with Crippen molar-refractivity contribution in [3.63, 3.8) is 0 Å². The van der Waals surface area contributed by atoms with Crippen LogP contribution in [0.2, 0.25) is 0 Å². The SMILES string of the molecule is C[C@@H]1Cc2cc([C@@H]3CN4CCN(C(=O)O)C[C@@H]4CO3)ccc2C(=O)O1. The molecule has 0 unspecified atom stereocenters. The van der Waals surface area contributed by atoms with E-state index >= 15 is 0 Å². The van der Waals surface area contributed by atoms with Gasteiger partial charge in [-0.3, -0.25) is 4.90 Å². The molecule has 1 aromatic rings. The van der Waals surface area contributed by atoms with Crippen molar-refractivity contribution < 1.29 is 24.2 Å². The first-order chi connectivity index (χ1) is 12.0. The molecule has 3 aliphatic rings. The van der Waals surface area contributed by atoms with Crippen LogP contribution in [0.1, 0.15) is 34.5 Å². The van der Waals surface area contributed by atoms with Crippen molar-refractivity contribution in [1.29, 1.82) is 0 Å². The summed E-state index contributed by atoms with van der Waals surface area (Å²) in [6.07, 6.45) is -0.290. The lowest BCUT2D eigenvalue weighted by Gasteiger charge is -2.45. The average Bonchev–Trinajstić information content (AvgIpc) is 2.60. The third-order valence-electron chi connectivity index (χ3n) is 5.30. The number of benzene rings is 1. The summed E-state index contributed by atoms with van der Waals surface area (Å²) < 4.78 is 11.3. The van der Waals surface area contributed by atoms with Gasteiger partial charge in [-0.05, 0) is 24.1 Å². The average molecular weight is 346 g/mol. The summed E-state index contributed by atoms with van der Waals surface area (Å²) in [6, 6.07) is 5.95. The fourth-order valence-electron chi connectivity index (χ4n) is 3.94. The molecule has 1 N–H and O–H groups in total. The van der Waals surface area contributed by atoms with Crippen molar-refractivity contribution in [2.45, 2.75) is 31.6 Å². The summed E-state index contributed by atoms with van der Waals surface area (Å²) in [5.41, 5.74) is 2.73. The molecule has 2 saturated heterocycles. The fourth-order valence-corrected chi connectivity index (χ4v) is 3.94. The summed E-state index contributed by atoms with van der Waals surface area (Å²) in [7, 11) is 0. The molecule has 0 radical (unpaired) electrons. The lowest BCUT2D eigenvalue weighted by atomic mass is 9.94. The molecule has 0 spiro atoms. The number of cyclic esters (lactones) is 1. The van der Waals surface area contributed by atoms with E-state index in [0.717, 1.165) is 30.6 Å². The number of fused-ring (bicyclic) bond motifs is 2. The summed E-state index contributed by atoms with van der Waals surface area (Å²) in [5.74, 6) is -0.255. The van der Waals surface area contributed by atoms with Gasteiger partial charge in [0.15, 0.2) is 0 Å². The summed E-state index contributed by atoms with van der Waals surface area (Å²) in [5, 5.41) is 9.14. The molecule has 4 rings (SSSR count). The van der Waals surface area contributed by atoms with E-state index in [0.29, 0.717) is 25.3 Å². The number of amides is 1. The number of rotatable bonds is 1. The van der Waals surface area contributed by atoms with Gasteiger partial charge >= 0.3 is 12.1 Å². The molecule has 25 heavy (non-hydrogen) atoms. The Morgan fingerprint density at radius 2 is 2.12 bits per heavy atom. The van der Waals surface area contributed by atoms with Gasteiger partial charge in [0.2, 0.25) is 0 Å². The van der Waals surface area contributed by atoms with Gasteiger partial charge in [0.1, 0.15) is 6.10 Å². The number of nitrogens with zero attached hydrogens (tertiary/aromatic N) is 2. The third-order valence-corrected chi connectivity index (χ3v) is 5.30. The Labute approximate surface area is 146 Å². The molecule has 3 atom stereocenters. The van der Waals surface area contributed by atoms with E-state index in [1.807, 2.05) is 19.1 Å². The van der Waals surface area contributed by atoms with Crippen LogP contribution >= 0.6 is 0 Å². The minimum Gasteiger partial charge on any atom is -0.465 e. The Morgan fingerprint density at radius 3 is 2.92 bits per heavy atom. The van der Waals surface area contributed by atoms with Crippen LogP contribution in [0.15, 0.2) is 18.2 Å². The largest absolute Gasteiger partial charge is 0.465 e. The van der Waals surface area contributed by atoms with Gasteiger partial charge < -0.3 is 19.5 Å². The Hall–Kier alpha value is -2.12. The van der Waals surface area contributed by atoms with Crippen molar-refractivity contribution in [3.05, 3.63) is 34.9 Å². The van der Waals surface area contributed by atoms with Gasteiger partial charge in [-0.2, -0.15) is 0 Å². The second-order valence-corrected chi connectivity index (χ2v) is 7.04. The van der Waals surface area contributed by atoms with Gasteiger partial charge in [0, 0.05) is 32.6 Å². The van der Waals surface area contributed by atoms with Gasteiger partial charge in [-0.1, -0.05) is 12.1 Å². The number of carbonyl (C=O) groups is 2. The molecule has 0 saturated carbocycles. The minimum atomic E-state index is -0.863. The van der Waals surface area contributed by atoms with Crippen molar-refractivity contribution in [2.24, 2.45) is 0 Å². The van der Waals surface area contributed by atoms with E-state index in [9.17, 15) is 9.59 Å². The quantitative estimate of drug-likeness (QED) is 0.777. The lowest BCUT2D eigenvalue weighted by Crippen LogP contribution is -2.59. The van der Waals surface area contributed by atoms with Crippen molar-refractivity contribution in [3.8, 4) is 0 Å². The van der Waals surface area contributed by atoms with Crippen molar-refractivity contribution in [1.82, 2.24) is 9.80 Å². The number of carbonyl (C=O) groups excluding carboxylic acids is 1. The summed E-state index contributed by atoms with van der Waals surface area (Å²) in [4.78, 5) is 26.8. The van der Waals surface area contributed by atoms with E-state index in [1.165, 1.54) is 4.90 Å². The highest BCUT2D eigenvalue weighted by atomic mass is 16.5. The Balaban J connectivity index is 1.48. The smallest absolute Gasteiger partial charge is 0.407 e. The number of morpholine rings is 1. The molecule has 134 valence electrons. The van der Waals surface area contributed by atoms with Gasteiger partial charge in [0.25, 0.3) is 0 Å². The Kier molecular flexibility index (Phi) is 4.13. The maximum Gasteiger partial charge on any atom is 0.407 e. The third kappa shape index (κ3) is 3.09. The molecule has 7 nitrogen and oxygen atoms in total. The molecule has 3 aliphatic heterocycles. The van der Waals surface area contributed by atoms with Crippen LogP contribution in [0.3, 0.4) is 0 Å².